The number of thiophene rings is 1. The Hall–Kier alpha value is -0.300. The molecular formula is C13H20S. The van der Waals surface area contributed by atoms with E-state index in [0.29, 0.717) is 0 Å². The molecule has 0 bridgehead atoms. The fraction of sp³-hybridized carbons (Fsp3) is 0.692. The Bertz CT molecular complexity index is 318. The Labute approximate surface area is 91.4 Å². The third kappa shape index (κ3) is 1.75. The second kappa shape index (κ2) is 3.69. The Morgan fingerprint density at radius 3 is 2.57 bits per heavy atom. The van der Waals surface area contributed by atoms with E-state index in [-0.39, 0.29) is 0 Å². The Morgan fingerprint density at radius 2 is 1.93 bits per heavy atom. The molecule has 1 spiro atoms. The zero-order chi connectivity index (χ0) is 10.2. The number of hydrogen-bond acceptors (Lipinski definition) is 1. The van der Waals surface area contributed by atoms with Crippen LogP contribution in [0.15, 0.2) is 6.07 Å². The van der Waals surface area contributed by atoms with E-state index in [0.717, 1.165) is 5.41 Å². The Balaban J connectivity index is 0.000000354. The minimum absolute atomic E-state index is 0.792. The molecule has 0 saturated heterocycles. The van der Waals surface area contributed by atoms with Gasteiger partial charge in [0.2, 0.25) is 0 Å². The first-order valence-electron chi connectivity index (χ1n) is 5.86. The van der Waals surface area contributed by atoms with Crippen molar-refractivity contribution >= 4 is 11.3 Å². The van der Waals surface area contributed by atoms with Gasteiger partial charge in [0.05, 0.1) is 0 Å². The molecule has 1 heteroatoms. The standard InChI is InChI=1S/C11H14S.C2H6/c1-8-6-9-7-11(4-5-11)3-2-10(9)12-8;1-2/h6H,2-5,7H2,1H3;1-2H3. The second-order valence-corrected chi connectivity index (χ2v) is 5.82. The van der Waals surface area contributed by atoms with Crippen LogP contribution in [0.25, 0.3) is 0 Å². The lowest BCUT2D eigenvalue weighted by Crippen LogP contribution is -2.12. The molecule has 1 aromatic heterocycles. The molecular weight excluding hydrogens is 188 g/mol. The SMILES string of the molecule is CC.Cc1cc2c(s1)CCC1(CC1)C2. The summed E-state index contributed by atoms with van der Waals surface area (Å²) in [6.07, 6.45) is 7.24. The highest BCUT2D eigenvalue weighted by atomic mass is 32.1. The van der Waals surface area contributed by atoms with Gasteiger partial charge in [0.1, 0.15) is 0 Å². The second-order valence-electron chi connectivity index (χ2n) is 4.48. The van der Waals surface area contributed by atoms with E-state index >= 15 is 0 Å². The lowest BCUT2D eigenvalue weighted by Gasteiger charge is -2.20. The molecule has 2 aliphatic rings. The molecule has 0 aromatic carbocycles. The molecule has 78 valence electrons. The molecule has 0 atom stereocenters. The number of fused-ring (bicyclic) bond motifs is 1. The van der Waals surface area contributed by atoms with Crippen LogP contribution in [-0.4, -0.2) is 0 Å². The number of hydrogen-bond donors (Lipinski definition) is 0. The highest BCUT2D eigenvalue weighted by Gasteiger charge is 2.44. The smallest absolute Gasteiger partial charge is 0.00804 e. The fourth-order valence-electron chi connectivity index (χ4n) is 2.45. The molecule has 0 unspecified atom stereocenters. The van der Waals surface area contributed by atoms with Gasteiger partial charge in [-0.25, -0.2) is 0 Å². The summed E-state index contributed by atoms with van der Waals surface area (Å²) in [5.74, 6) is 0. The summed E-state index contributed by atoms with van der Waals surface area (Å²) in [4.78, 5) is 3.20. The Kier molecular flexibility index (Phi) is 2.70. The fourth-order valence-corrected chi connectivity index (χ4v) is 3.51. The van der Waals surface area contributed by atoms with Crippen LogP contribution in [0, 0.1) is 12.3 Å². The average molecular weight is 208 g/mol. The number of rotatable bonds is 0. The van der Waals surface area contributed by atoms with E-state index < -0.39 is 0 Å². The molecule has 1 fully saturated rings. The Morgan fingerprint density at radius 1 is 1.21 bits per heavy atom. The zero-order valence-corrected chi connectivity index (χ0v) is 10.3. The molecule has 1 heterocycles. The van der Waals surface area contributed by atoms with Crippen LogP contribution < -0.4 is 0 Å². The van der Waals surface area contributed by atoms with Gasteiger partial charge in [-0.3, -0.25) is 0 Å². The molecule has 0 aliphatic heterocycles. The highest BCUT2D eigenvalue weighted by molar-refractivity contribution is 7.12. The largest absolute Gasteiger partial charge is 0.145 e. The minimum atomic E-state index is 0.792. The summed E-state index contributed by atoms with van der Waals surface area (Å²) in [6, 6.07) is 2.42. The van der Waals surface area contributed by atoms with E-state index in [1.54, 1.807) is 10.4 Å². The van der Waals surface area contributed by atoms with Crippen LogP contribution in [0.2, 0.25) is 0 Å². The van der Waals surface area contributed by atoms with Crippen LogP contribution in [-0.2, 0) is 12.8 Å². The van der Waals surface area contributed by atoms with E-state index in [1.165, 1.54) is 37.0 Å². The number of aryl methyl sites for hydroxylation is 2. The van der Waals surface area contributed by atoms with Crippen LogP contribution in [0.5, 0.6) is 0 Å². The van der Waals surface area contributed by atoms with E-state index in [9.17, 15) is 0 Å². The summed E-state index contributed by atoms with van der Waals surface area (Å²) in [6.45, 7) is 6.24. The molecule has 2 aliphatic carbocycles. The molecule has 0 N–H and O–H groups in total. The summed E-state index contributed by atoms with van der Waals surface area (Å²) in [5, 5.41) is 0. The van der Waals surface area contributed by atoms with Crippen molar-refractivity contribution in [3.05, 3.63) is 21.4 Å². The lowest BCUT2D eigenvalue weighted by atomic mass is 9.86. The molecule has 14 heavy (non-hydrogen) atoms. The molecule has 0 radical (unpaired) electrons. The zero-order valence-electron chi connectivity index (χ0n) is 9.52. The summed E-state index contributed by atoms with van der Waals surface area (Å²) < 4.78 is 0. The topological polar surface area (TPSA) is 0 Å². The lowest BCUT2D eigenvalue weighted by molar-refractivity contribution is 0.442. The summed E-state index contributed by atoms with van der Waals surface area (Å²) in [5.41, 5.74) is 2.47. The normalized spacial score (nSPS) is 21.1. The molecule has 1 aromatic rings. The van der Waals surface area contributed by atoms with Crippen molar-refractivity contribution in [2.24, 2.45) is 5.41 Å². The minimum Gasteiger partial charge on any atom is -0.145 e. The maximum Gasteiger partial charge on any atom is 0.00804 e. The maximum absolute atomic E-state index is 2.42. The van der Waals surface area contributed by atoms with Gasteiger partial charge in [-0.05, 0) is 56.1 Å². The predicted molar refractivity (Wildman–Crippen MR) is 64.1 cm³/mol. The van der Waals surface area contributed by atoms with Crippen LogP contribution in [0.1, 0.15) is 48.4 Å². The predicted octanol–water partition coefficient (Wildman–Crippen LogP) is 4.35. The maximum atomic E-state index is 2.42. The van der Waals surface area contributed by atoms with Crippen molar-refractivity contribution in [3.8, 4) is 0 Å². The first-order valence-corrected chi connectivity index (χ1v) is 6.67. The van der Waals surface area contributed by atoms with Crippen LogP contribution >= 0.6 is 11.3 Å². The van der Waals surface area contributed by atoms with Crippen molar-refractivity contribution in [2.75, 3.05) is 0 Å². The van der Waals surface area contributed by atoms with Gasteiger partial charge in [0.15, 0.2) is 0 Å². The van der Waals surface area contributed by atoms with Gasteiger partial charge in [-0.1, -0.05) is 13.8 Å². The molecule has 0 nitrogen and oxygen atoms in total. The molecule has 0 amide bonds. The molecule has 1 saturated carbocycles. The average Bonchev–Trinajstić information content (AvgIpc) is 2.83. The van der Waals surface area contributed by atoms with E-state index in [2.05, 4.69) is 13.0 Å². The van der Waals surface area contributed by atoms with Gasteiger partial charge >= 0.3 is 0 Å². The van der Waals surface area contributed by atoms with Crippen LogP contribution in [0.4, 0.5) is 0 Å². The van der Waals surface area contributed by atoms with Gasteiger partial charge in [-0.2, -0.15) is 0 Å². The third-order valence-electron chi connectivity index (χ3n) is 3.42. The summed E-state index contributed by atoms with van der Waals surface area (Å²) >= 11 is 2.02. The molecule has 3 rings (SSSR count). The first kappa shape index (κ1) is 10.2. The van der Waals surface area contributed by atoms with Crippen molar-refractivity contribution < 1.29 is 0 Å². The summed E-state index contributed by atoms with van der Waals surface area (Å²) in [7, 11) is 0. The van der Waals surface area contributed by atoms with Gasteiger partial charge in [0, 0.05) is 9.75 Å². The highest BCUT2D eigenvalue weighted by Crippen LogP contribution is 2.55. The monoisotopic (exact) mass is 208 g/mol. The van der Waals surface area contributed by atoms with Crippen molar-refractivity contribution in [1.29, 1.82) is 0 Å². The van der Waals surface area contributed by atoms with Gasteiger partial charge < -0.3 is 0 Å². The third-order valence-corrected chi connectivity index (χ3v) is 4.58. The van der Waals surface area contributed by atoms with E-state index in [4.69, 9.17) is 0 Å². The quantitative estimate of drug-likeness (QED) is 0.594. The van der Waals surface area contributed by atoms with Crippen molar-refractivity contribution in [1.82, 2.24) is 0 Å². The van der Waals surface area contributed by atoms with Gasteiger partial charge in [-0.15, -0.1) is 11.3 Å². The van der Waals surface area contributed by atoms with Crippen LogP contribution in [0.3, 0.4) is 0 Å². The van der Waals surface area contributed by atoms with Crippen molar-refractivity contribution in [3.63, 3.8) is 0 Å². The van der Waals surface area contributed by atoms with Crippen molar-refractivity contribution in [2.45, 2.75) is 52.9 Å². The van der Waals surface area contributed by atoms with E-state index in [1.807, 2.05) is 25.2 Å². The van der Waals surface area contributed by atoms with Gasteiger partial charge in [0.25, 0.3) is 0 Å². The first-order chi connectivity index (χ1) is 6.77.